The largest absolute Gasteiger partial charge is 0.481 e. The Morgan fingerprint density at radius 3 is 2.52 bits per heavy atom. The van der Waals surface area contributed by atoms with Crippen molar-refractivity contribution in [1.29, 1.82) is 0 Å². The summed E-state index contributed by atoms with van der Waals surface area (Å²) in [6.07, 6.45) is 2.67. The lowest BCUT2D eigenvalue weighted by Gasteiger charge is -2.17. The van der Waals surface area contributed by atoms with Crippen molar-refractivity contribution in [3.63, 3.8) is 0 Å². The number of carbonyl (C=O) groups is 4. The molecule has 0 bridgehead atoms. The van der Waals surface area contributed by atoms with Crippen LogP contribution in [0.4, 0.5) is 10.5 Å². The van der Waals surface area contributed by atoms with Gasteiger partial charge in [0.2, 0.25) is 5.91 Å². The number of halogens is 1. The Hall–Kier alpha value is -3.66. The molecule has 0 radical (unpaired) electrons. The van der Waals surface area contributed by atoms with Crippen molar-refractivity contribution in [1.82, 2.24) is 15.6 Å². The van der Waals surface area contributed by atoms with Crippen LogP contribution in [0.2, 0.25) is 0 Å². The summed E-state index contributed by atoms with van der Waals surface area (Å²) in [6.45, 7) is -0.358. The van der Waals surface area contributed by atoms with Gasteiger partial charge in [-0.15, -0.1) is 12.4 Å². The van der Waals surface area contributed by atoms with E-state index >= 15 is 0 Å². The first-order valence-corrected chi connectivity index (χ1v) is 8.21. The molecule has 1 unspecified atom stereocenters. The number of aliphatic carboxylic acids is 1. The first-order chi connectivity index (χ1) is 13.3. The van der Waals surface area contributed by atoms with Crippen LogP contribution >= 0.6 is 12.4 Å². The normalized spacial score (nSPS) is 10.8. The number of aromatic nitrogens is 1. The van der Waals surface area contributed by atoms with Gasteiger partial charge in [-0.25, -0.2) is 4.79 Å². The average Bonchev–Trinajstić information content (AvgIpc) is 2.65. The number of rotatable bonds is 8. The van der Waals surface area contributed by atoms with Crippen LogP contribution in [0.1, 0.15) is 28.4 Å². The molecule has 11 heteroatoms. The van der Waals surface area contributed by atoms with Gasteiger partial charge in [-0.3, -0.25) is 19.4 Å². The minimum absolute atomic E-state index is 0. The Labute approximate surface area is 172 Å². The zero-order valence-corrected chi connectivity index (χ0v) is 15.9. The average molecular weight is 422 g/mol. The third-order valence-corrected chi connectivity index (χ3v) is 3.60. The molecule has 1 aromatic heterocycles. The molecule has 0 spiro atoms. The Kier molecular flexibility index (Phi) is 9.06. The van der Waals surface area contributed by atoms with Crippen LogP contribution in [0.25, 0.3) is 0 Å². The third kappa shape index (κ3) is 7.85. The molecular weight excluding hydrogens is 402 g/mol. The van der Waals surface area contributed by atoms with Gasteiger partial charge in [0.05, 0.1) is 19.0 Å². The second-order valence-electron chi connectivity index (χ2n) is 5.76. The number of carboxylic acids is 1. The van der Waals surface area contributed by atoms with Gasteiger partial charge in [0.25, 0.3) is 5.91 Å². The second-order valence-corrected chi connectivity index (χ2v) is 5.76. The molecule has 1 atom stereocenters. The Balaban J connectivity index is 0.00000420. The topological polar surface area (TPSA) is 164 Å². The minimum Gasteiger partial charge on any atom is -0.481 e. The number of nitrogens with two attached hydrogens (primary N) is 1. The van der Waals surface area contributed by atoms with Crippen molar-refractivity contribution < 1.29 is 24.3 Å². The summed E-state index contributed by atoms with van der Waals surface area (Å²) in [5.41, 5.74) is 6.12. The lowest BCUT2D eigenvalue weighted by molar-refractivity contribution is -0.137. The molecule has 1 heterocycles. The van der Waals surface area contributed by atoms with E-state index < -0.39 is 29.9 Å². The Morgan fingerprint density at radius 1 is 1.14 bits per heavy atom. The summed E-state index contributed by atoms with van der Waals surface area (Å²) in [7, 11) is 0. The number of primary amides is 1. The third-order valence-electron chi connectivity index (χ3n) is 3.60. The van der Waals surface area contributed by atoms with Crippen LogP contribution in [0.15, 0.2) is 48.8 Å². The van der Waals surface area contributed by atoms with E-state index in [1.807, 2.05) is 0 Å². The van der Waals surface area contributed by atoms with Crippen LogP contribution in [-0.2, 0) is 9.59 Å². The SMILES string of the molecule is Cl.NC(=O)Nc1cccc(C(=O)NCC(=O)NC(CC(=O)O)c2cccnc2)c1. The van der Waals surface area contributed by atoms with Gasteiger partial charge >= 0.3 is 12.0 Å². The number of anilines is 1. The zero-order valence-electron chi connectivity index (χ0n) is 15.1. The quantitative estimate of drug-likeness (QED) is 0.427. The summed E-state index contributed by atoms with van der Waals surface area (Å²) in [5.74, 6) is -2.19. The lowest BCUT2D eigenvalue weighted by Crippen LogP contribution is -2.39. The number of pyridine rings is 1. The number of nitrogens with one attached hydrogen (secondary N) is 3. The summed E-state index contributed by atoms with van der Waals surface area (Å²) in [4.78, 5) is 50.2. The summed E-state index contributed by atoms with van der Waals surface area (Å²) < 4.78 is 0. The molecule has 10 nitrogen and oxygen atoms in total. The molecule has 0 saturated heterocycles. The fourth-order valence-electron chi connectivity index (χ4n) is 2.40. The highest BCUT2D eigenvalue weighted by Crippen LogP contribution is 2.15. The summed E-state index contributed by atoms with van der Waals surface area (Å²) in [5, 5.41) is 16.4. The molecule has 4 amide bonds. The van der Waals surface area contributed by atoms with E-state index in [4.69, 9.17) is 10.8 Å². The van der Waals surface area contributed by atoms with E-state index in [9.17, 15) is 19.2 Å². The highest BCUT2D eigenvalue weighted by atomic mass is 35.5. The molecule has 2 aromatic rings. The minimum atomic E-state index is -1.09. The molecule has 2 rings (SSSR count). The second kappa shape index (κ2) is 11.2. The van der Waals surface area contributed by atoms with Gasteiger partial charge in [-0.05, 0) is 29.8 Å². The van der Waals surface area contributed by atoms with Crippen molar-refractivity contribution in [2.75, 3.05) is 11.9 Å². The van der Waals surface area contributed by atoms with E-state index in [1.54, 1.807) is 24.3 Å². The van der Waals surface area contributed by atoms with Crippen molar-refractivity contribution in [2.45, 2.75) is 12.5 Å². The first kappa shape index (κ1) is 23.4. The monoisotopic (exact) mass is 421 g/mol. The predicted molar refractivity (Wildman–Crippen MR) is 107 cm³/mol. The molecule has 154 valence electrons. The molecule has 6 N–H and O–H groups in total. The van der Waals surface area contributed by atoms with E-state index in [0.29, 0.717) is 11.3 Å². The molecular formula is C18H20ClN5O5. The van der Waals surface area contributed by atoms with Crippen molar-refractivity contribution in [3.8, 4) is 0 Å². The predicted octanol–water partition coefficient (Wildman–Crippen LogP) is 1.06. The fourth-order valence-corrected chi connectivity index (χ4v) is 2.40. The lowest BCUT2D eigenvalue weighted by atomic mass is 10.1. The number of benzene rings is 1. The zero-order chi connectivity index (χ0) is 20.5. The van der Waals surface area contributed by atoms with Gasteiger partial charge in [0.15, 0.2) is 0 Å². The van der Waals surface area contributed by atoms with E-state index in [1.165, 1.54) is 24.5 Å². The van der Waals surface area contributed by atoms with E-state index in [-0.39, 0.29) is 30.9 Å². The highest BCUT2D eigenvalue weighted by Gasteiger charge is 2.19. The van der Waals surface area contributed by atoms with Crippen molar-refractivity contribution >= 4 is 41.9 Å². The van der Waals surface area contributed by atoms with Gasteiger partial charge < -0.3 is 26.8 Å². The molecule has 0 aliphatic heterocycles. The number of urea groups is 1. The highest BCUT2D eigenvalue weighted by molar-refractivity contribution is 5.98. The number of hydrogen-bond acceptors (Lipinski definition) is 5. The van der Waals surface area contributed by atoms with Gasteiger partial charge in [-0.1, -0.05) is 12.1 Å². The number of nitrogens with zero attached hydrogens (tertiary/aromatic N) is 1. The number of carbonyl (C=O) groups excluding carboxylic acids is 3. The fraction of sp³-hybridized carbons (Fsp3) is 0.167. The molecule has 0 aliphatic carbocycles. The van der Waals surface area contributed by atoms with Crippen LogP contribution < -0.4 is 21.7 Å². The van der Waals surface area contributed by atoms with Crippen LogP contribution in [0.3, 0.4) is 0 Å². The van der Waals surface area contributed by atoms with Crippen LogP contribution in [0.5, 0.6) is 0 Å². The van der Waals surface area contributed by atoms with E-state index in [0.717, 1.165) is 0 Å². The van der Waals surface area contributed by atoms with Gasteiger partial charge in [0, 0.05) is 23.6 Å². The maximum atomic E-state index is 12.2. The Morgan fingerprint density at radius 2 is 1.90 bits per heavy atom. The molecule has 1 aromatic carbocycles. The maximum absolute atomic E-state index is 12.2. The smallest absolute Gasteiger partial charge is 0.316 e. The maximum Gasteiger partial charge on any atom is 0.316 e. The molecule has 0 fully saturated rings. The summed E-state index contributed by atoms with van der Waals surface area (Å²) in [6, 6.07) is 7.74. The Bertz CT molecular complexity index is 878. The van der Waals surface area contributed by atoms with Crippen LogP contribution in [-0.4, -0.2) is 40.5 Å². The van der Waals surface area contributed by atoms with Gasteiger partial charge in [-0.2, -0.15) is 0 Å². The van der Waals surface area contributed by atoms with Crippen molar-refractivity contribution in [3.05, 3.63) is 59.9 Å². The standard InChI is InChI=1S/C18H19N5O5.ClH/c19-18(28)22-13-5-1-3-11(7-13)17(27)21-10-15(24)23-14(8-16(25)26)12-4-2-6-20-9-12;/h1-7,9,14H,8,10H2,(H,21,27)(H,23,24)(H,25,26)(H3,19,22,28);1H. The number of hydrogen-bond donors (Lipinski definition) is 5. The van der Waals surface area contributed by atoms with Crippen LogP contribution in [0, 0.1) is 0 Å². The number of carboxylic acid groups (broad SMARTS) is 1. The van der Waals surface area contributed by atoms with Gasteiger partial charge in [0.1, 0.15) is 0 Å². The molecule has 0 saturated carbocycles. The molecule has 0 aliphatic rings. The first-order valence-electron chi connectivity index (χ1n) is 8.21. The van der Waals surface area contributed by atoms with Crippen molar-refractivity contribution in [2.24, 2.45) is 5.73 Å². The van der Waals surface area contributed by atoms with E-state index in [2.05, 4.69) is 20.9 Å². The summed E-state index contributed by atoms with van der Waals surface area (Å²) >= 11 is 0. The molecule has 29 heavy (non-hydrogen) atoms. The number of amides is 4.